The van der Waals surface area contributed by atoms with Crippen LogP contribution in [0.4, 0.5) is 10.1 Å². The molecular weight excluding hydrogens is 248 g/mol. The lowest BCUT2D eigenvalue weighted by Gasteiger charge is -2.07. The van der Waals surface area contributed by atoms with Crippen molar-refractivity contribution >= 4 is 28.9 Å². The van der Waals surface area contributed by atoms with Crippen LogP contribution in [0.1, 0.15) is 0 Å². The van der Waals surface area contributed by atoms with E-state index < -0.39 is 0 Å². The van der Waals surface area contributed by atoms with Gasteiger partial charge in [0, 0.05) is 21.3 Å². The van der Waals surface area contributed by atoms with Gasteiger partial charge in [-0.05, 0) is 42.0 Å². The second-order valence-electron chi connectivity index (χ2n) is 3.39. The number of nitrogen functional groups attached to an aromatic ring is 1. The lowest BCUT2D eigenvalue weighted by atomic mass is 10.0. The van der Waals surface area contributed by atoms with Crippen molar-refractivity contribution in [3.05, 3.63) is 52.3 Å². The Morgan fingerprint density at radius 2 is 1.56 bits per heavy atom. The molecule has 2 N–H and O–H groups in total. The van der Waals surface area contributed by atoms with Gasteiger partial charge in [-0.3, -0.25) is 0 Å². The summed E-state index contributed by atoms with van der Waals surface area (Å²) in [5, 5.41) is 0.984. The Balaban J connectivity index is 2.62. The average Bonchev–Trinajstić information content (AvgIpc) is 2.20. The van der Waals surface area contributed by atoms with Crippen LogP contribution in [-0.4, -0.2) is 0 Å². The smallest absolute Gasteiger partial charge is 0.123 e. The van der Waals surface area contributed by atoms with Crippen LogP contribution in [0.25, 0.3) is 11.1 Å². The second kappa shape index (κ2) is 4.32. The number of benzene rings is 2. The monoisotopic (exact) mass is 255 g/mol. The summed E-state index contributed by atoms with van der Waals surface area (Å²) < 4.78 is 13.1. The summed E-state index contributed by atoms with van der Waals surface area (Å²) in [7, 11) is 0. The van der Waals surface area contributed by atoms with E-state index in [1.807, 2.05) is 0 Å². The van der Waals surface area contributed by atoms with Crippen molar-refractivity contribution < 1.29 is 4.39 Å². The minimum atomic E-state index is -0.347. The van der Waals surface area contributed by atoms with Gasteiger partial charge < -0.3 is 5.73 Å². The maximum absolute atomic E-state index is 13.1. The van der Waals surface area contributed by atoms with E-state index in [-0.39, 0.29) is 5.82 Å². The molecule has 0 aliphatic carbocycles. The highest BCUT2D eigenvalue weighted by atomic mass is 35.5. The molecule has 2 aromatic carbocycles. The third kappa shape index (κ3) is 2.29. The molecule has 0 aliphatic heterocycles. The standard InChI is InChI=1S/C12H8Cl2FN/c13-8-3-7(4-9(14)5-8)11-6-10(15)1-2-12(11)16/h1-6H,16H2. The topological polar surface area (TPSA) is 26.0 Å². The average molecular weight is 256 g/mol. The zero-order valence-electron chi connectivity index (χ0n) is 8.18. The first kappa shape index (κ1) is 11.2. The Hall–Kier alpha value is -1.25. The summed E-state index contributed by atoms with van der Waals surface area (Å²) in [5.41, 5.74) is 7.55. The third-order valence-corrected chi connectivity index (χ3v) is 2.63. The molecule has 4 heteroatoms. The largest absolute Gasteiger partial charge is 0.398 e. The van der Waals surface area contributed by atoms with Crippen LogP contribution in [0, 0.1) is 5.82 Å². The van der Waals surface area contributed by atoms with Gasteiger partial charge in [0.15, 0.2) is 0 Å². The van der Waals surface area contributed by atoms with Crippen LogP contribution in [0.5, 0.6) is 0 Å². The van der Waals surface area contributed by atoms with Crippen LogP contribution < -0.4 is 5.73 Å². The molecule has 1 nitrogen and oxygen atoms in total. The summed E-state index contributed by atoms with van der Waals surface area (Å²) >= 11 is 11.7. The number of anilines is 1. The predicted octanol–water partition coefficient (Wildman–Crippen LogP) is 4.38. The molecule has 0 aliphatic rings. The van der Waals surface area contributed by atoms with Crippen LogP contribution >= 0.6 is 23.2 Å². The third-order valence-electron chi connectivity index (χ3n) is 2.19. The van der Waals surface area contributed by atoms with Gasteiger partial charge in [0.05, 0.1) is 0 Å². The van der Waals surface area contributed by atoms with Gasteiger partial charge in [-0.15, -0.1) is 0 Å². The Morgan fingerprint density at radius 3 is 2.19 bits per heavy atom. The van der Waals surface area contributed by atoms with Gasteiger partial charge in [0.2, 0.25) is 0 Å². The molecule has 0 unspecified atom stereocenters. The molecule has 0 heterocycles. The van der Waals surface area contributed by atoms with E-state index in [0.717, 1.165) is 0 Å². The molecule has 0 spiro atoms. The van der Waals surface area contributed by atoms with Gasteiger partial charge in [0.25, 0.3) is 0 Å². The molecule has 0 amide bonds. The number of nitrogens with two attached hydrogens (primary N) is 1. The summed E-state index contributed by atoms with van der Waals surface area (Å²) in [6, 6.07) is 9.18. The minimum absolute atomic E-state index is 0.347. The molecule has 0 radical (unpaired) electrons. The highest BCUT2D eigenvalue weighted by molar-refractivity contribution is 6.35. The van der Waals surface area contributed by atoms with E-state index in [4.69, 9.17) is 28.9 Å². The fourth-order valence-electron chi connectivity index (χ4n) is 1.49. The van der Waals surface area contributed by atoms with Gasteiger partial charge in [-0.25, -0.2) is 4.39 Å². The summed E-state index contributed by atoms with van der Waals surface area (Å²) in [4.78, 5) is 0. The van der Waals surface area contributed by atoms with E-state index in [1.165, 1.54) is 18.2 Å². The molecule has 0 aromatic heterocycles. The molecule has 2 rings (SSSR count). The normalized spacial score (nSPS) is 10.4. The van der Waals surface area contributed by atoms with Crippen molar-refractivity contribution in [2.45, 2.75) is 0 Å². The molecule has 16 heavy (non-hydrogen) atoms. The highest BCUT2D eigenvalue weighted by Gasteiger charge is 2.06. The molecule has 0 atom stereocenters. The van der Waals surface area contributed by atoms with Crippen molar-refractivity contribution in [3.8, 4) is 11.1 Å². The Bertz CT molecular complexity index is 520. The summed E-state index contributed by atoms with van der Waals surface area (Å²) in [5.74, 6) is -0.347. The van der Waals surface area contributed by atoms with Crippen molar-refractivity contribution in [3.63, 3.8) is 0 Å². The maximum atomic E-state index is 13.1. The van der Waals surface area contributed by atoms with Gasteiger partial charge >= 0.3 is 0 Å². The quantitative estimate of drug-likeness (QED) is 0.752. The Labute approximate surface area is 103 Å². The molecular formula is C12H8Cl2FN. The van der Waals surface area contributed by atoms with E-state index >= 15 is 0 Å². The second-order valence-corrected chi connectivity index (χ2v) is 4.26. The SMILES string of the molecule is Nc1ccc(F)cc1-c1cc(Cl)cc(Cl)c1. The first-order valence-electron chi connectivity index (χ1n) is 4.58. The van der Waals surface area contributed by atoms with Crippen molar-refractivity contribution in [1.29, 1.82) is 0 Å². The highest BCUT2D eigenvalue weighted by Crippen LogP contribution is 2.31. The van der Waals surface area contributed by atoms with Crippen molar-refractivity contribution in [2.24, 2.45) is 0 Å². The predicted molar refractivity (Wildman–Crippen MR) is 66.3 cm³/mol. The van der Waals surface area contributed by atoms with E-state index in [0.29, 0.717) is 26.9 Å². The summed E-state index contributed by atoms with van der Waals surface area (Å²) in [6.07, 6.45) is 0. The molecule has 0 saturated heterocycles. The van der Waals surface area contributed by atoms with Crippen LogP contribution in [0.2, 0.25) is 10.0 Å². The van der Waals surface area contributed by atoms with E-state index in [1.54, 1.807) is 18.2 Å². The van der Waals surface area contributed by atoms with Crippen molar-refractivity contribution in [2.75, 3.05) is 5.73 Å². The zero-order valence-corrected chi connectivity index (χ0v) is 9.69. The molecule has 2 aromatic rings. The Morgan fingerprint density at radius 1 is 0.938 bits per heavy atom. The minimum Gasteiger partial charge on any atom is -0.398 e. The first-order valence-corrected chi connectivity index (χ1v) is 5.33. The molecule has 0 bridgehead atoms. The maximum Gasteiger partial charge on any atom is 0.123 e. The van der Waals surface area contributed by atoms with Gasteiger partial charge in [-0.1, -0.05) is 23.2 Å². The fraction of sp³-hybridized carbons (Fsp3) is 0. The number of rotatable bonds is 1. The molecule has 0 fully saturated rings. The number of hydrogen-bond donors (Lipinski definition) is 1. The van der Waals surface area contributed by atoms with Crippen molar-refractivity contribution in [1.82, 2.24) is 0 Å². The van der Waals surface area contributed by atoms with Gasteiger partial charge in [0.1, 0.15) is 5.82 Å². The van der Waals surface area contributed by atoms with Crippen LogP contribution in [0.15, 0.2) is 36.4 Å². The van der Waals surface area contributed by atoms with Crippen LogP contribution in [0.3, 0.4) is 0 Å². The van der Waals surface area contributed by atoms with Gasteiger partial charge in [-0.2, -0.15) is 0 Å². The molecule has 0 saturated carbocycles. The van der Waals surface area contributed by atoms with E-state index in [2.05, 4.69) is 0 Å². The van der Waals surface area contributed by atoms with Crippen LogP contribution in [-0.2, 0) is 0 Å². The van der Waals surface area contributed by atoms with E-state index in [9.17, 15) is 4.39 Å². The number of hydrogen-bond acceptors (Lipinski definition) is 1. The molecule has 82 valence electrons. The summed E-state index contributed by atoms with van der Waals surface area (Å²) in [6.45, 7) is 0. The lowest BCUT2D eigenvalue weighted by molar-refractivity contribution is 0.628. The Kier molecular flexibility index (Phi) is 3.03. The fourth-order valence-corrected chi connectivity index (χ4v) is 2.01. The zero-order chi connectivity index (χ0) is 11.7. The first-order chi connectivity index (χ1) is 7.56. The lowest BCUT2D eigenvalue weighted by Crippen LogP contribution is -1.91. The number of halogens is 3.